The molecule has 0 heterocycles. The summed E-state index contributed by atoms with van der Waals surface area (Å²) in [6.07, 6.45) is 0. The Kier molecular flexibility index (Phi) is 3.81. The Morgan fingerprint density at radius 3 is 2.15 bits per heavy atom. The Morgan fingerprint density at radius 1 is 0.593 bits per heavy atom. The Hall–Kier alpha value is -3.30. The summed E-state index contributed by atoms with van der Waals surface area (Å²) in [5, 5.41) is 16.3. The SMILES string of the molecule is OBOc1ccc2cc(-c3cc4ccccc4c4ccccc34)ccc2c1. The second kappa shape index (κ2) is 6.46. The van der Waals surface area contributed by atoms with Gasteiger partial charge in [0.2, 0.25) is 0 Å². The summed E-state index contributed by atoms with van der Waals surface area (Å²) in [7, 11) is -0.313. The lowest BCUT2D eigenvalue weighted by atomic mass is 9.92. The number of benzene rings is 5. The van der Waals surface area contributed by atoms with Gasteiger partial charge in [-0.25, -0.2) is 0 Å². The van der Waals surface area contributed by atoms with Crippen LogP contribution in [0.1, 0.15) is 0 Å². The zero-order valence-electron chi connectivity index (χ0n) is 14.7. The Bertz CT molecular complexity index is 1290. The predicted molar refractivity (Wildman–Crippen MR) is 114 cm³/mol. The fourth-order valence-electron chi connectivity index (χ4n) is 3.85. The fourth-order valence-corrected chi connectivity index (χ4v) is 3.85. The maximum atomic E-state index is 8.95. The normalized spacial score (nSPS) is 11.1. The first-order chi connectivity index (χ1) is 13.3. The molecule has 0 unspecified atom stereocenters. The molecular formula is C24H17BO2. The molecule has 5 aromatic rings. The van der Waals surface area contributed by atoms with E-state index in [9.17, 15) is 0 Å². The van der Waals surface area contributed by atoms with Crippen molar-refractivity contribution in [2.75, 3.05) is 0 Å². The third kappa shape index (κ3) is 2.73. The van der Waals surface area contributed by atoms with Crippen molar-refractivity contribution in [2.24, 2.45) is 0 Å². The van der Waals surface area contributed by atoms with Crippen LogP contribution < -0.4 is 4.65 Å². The first-order valence-electron chi connectivity index (χ1n) is 9.02. The molecule has 0 aliphatic heterocycles. The van der Waals surface area contributed by atoms with Gasteiger partial charge in [0.15, 0.2) is 0 Å². The average molecular weight is 348 g/mol. The van der Waals surface area contributed by atoms with Crippen molar-refractivity contribution in [1.82, 2.24) is 0 Å². The molecule has 0 amide bonds. The van der Waals surface area contributed by atoms with Gasteiger partial charge in [-0.05, 0) is 67.7 Å². The molecule has 128 valence electrons. The van der Waals surface area contributed by atoms with E-state index in [0.29, 0.717) is 5.75 Å². The summed E-state index contributed by atoms with van der Waals surface area (Å²) >= 11 is 0. The molecule has 0 fully saturated rings. The quantitative estimate of drug-likeness (QED) is 0.347. The Balaban J connectivity index is 1.75. The van der Waals surface area contributed by atoms with E-state index in [4.69, 9.17) is 9.68 Å². The van der Waals surface area contributed by atoms with Crippen molar-refractivity contribution in [3.8, 4) is 16.9 Å². The van der Waals surface area contributed by atoms with Gasteiger partial charge in [-0.15, -0.1) is 0 Å². The van der Waals surface area contributed by atoms with E-state index in [1.165, 1.54) is 32.7 Å². The van der Waals surface area contributed by atoms with E-state index in [2.05, 4.69) is 72.8 Å². The molecule has 0 atom stereocenters. The van der Waals surface area contributed by atoms with Crippen molar-refractivity contribution in [3.05, 3.63) is 91.0 Å². The Labute approximate surface area is 157 Å². The van der Waals surface area contributed by atoms with Gasteiger partial charge in [-0.3, -0.25) is 0 Å². The molecule has 1 N–H and O–H groups in total. The molecule has 3 heteroatoms. The zero-order chi connectivity index (χ0) is 18.2. The third-order valence-corrected chi connectivity index (χ3v) is 5.12. The van der Waals surface area contributed by atoms with Crippen molar-refractivity contribution in [1.29, 1.82) is 0 Å². The number of fused-ring (bicyclic) bond motifs is 4. The number of hydrogen-bond acceptors (Lipinski definition) is 2. The van der Waals surface area contributed by atoms with Gasteiger partial charge >= 0.3 is 7.69 Å². The van der Waals surface area contributed by atoms with Crippen molar-refractivity contribution in [3.63, 3.8) is 0 Å². The van der Waals surface area contributed by atoms with Crippen LogP contribution in [0.5, 0.6) is 5.75 Å². The summed E-state index contributed by atoms with van der Waals surface area (Å²) in [4.78, 5) is 0. The van der Waals surface area contributed by atoms with E-state index in [0.717, 1.165) is 10.8 Å². The topological polar surface area (TPSA) is 29.5 Å². The van der Waals surface area contributed by atoms with Crippen LogP contribution in [0, 0.1) is 0 Å². The number of rotatable bonds is 3. The molecule has 0 bridgehead atoms. The second-order valence-corrected chi connectivity index (χ2v) is 6.69. The molecule has 0 aliphatic rings. The van der Waals surface area contributed by atoms with Gasteiger partial charge in [0, 0.05) is 0 Å². The minimum atomic E-state index is -0.313. The van der Waals surface area contributed by atoms with Gasteiger partial charge in [-0.2, -0.15) is 0 Å². The monoisotopic (exact) mass is 348 g/mol. The van der Waals surface area contributed by atoms with Gasteiger partial charge in [0.05, 0.1) is 0 Å². The lowest BCUT2D eigenvalue weighted by molar-refractivity contribution is 0.454. The summed E-state index contributed by atoms with van der Waals surface area (Å²) in [5.74, 6) is 0.675. The average Bonchev–Trinajstić information content (AvgIpc) is 2.73. The minimum absolute atomic E-state index is 0.313. The lowest BCUT2D eigenvalue weighted by Crippen LogP contribution is -1.99. The van der Waals surface area contributed by atoms with E-state index in [1.807, 2.05) is 18.2 Å². The molecule has 0 spiro atoms. The highest BCUT2D eigenvalue weighted by Crippen LogP contribution is 2.36. The summed E-state index contributed by atoms with van der Waals surface area (Å²) in [6, 6.07) is 31.8. The van der Waals surface area contributed by atoms with Crippen LogP contribution in [0.25, 0.3) is 43.4 Å². The maximum absolute atomic E-state index is 8.95. The summed E-state index contributed by atoms with van der Waals surface area (Å²) < 4.78 is 5.19. The van der Waals surface area contributed by atoms with Gasteiger partial charge in [-0.1, -0.05) is 66.7 Å². The van der Waals surface area contributed by atoms with E-state index >= 15 is 0 Å². The molecule has 2 nitrogen and oxygen atoms in total. The maximum Gasteiger partial charge on any atom is 0.504 e. The molecule has 0 saturated heterocycles. The molecule has 0 aliphatic carbocycles. The summed E-state index contributed by atoms with van der Waals surface area (Å²) in [5.41, 5.74) is 2.43. The first-order valence-corrected chi connectivity index (χ1v) is 9.02. The van der Waals surface area contributed by atoms with E-state index in [1.54, 1.807) is 0 Å². The summed E-state index contributed by atoms with van der Waals surface area (Å²) in [6.45, 7) is 0. The van der Waals surface area contributed by atoms with Crippen LogP contribution in [0.3, 0.4) is 0 Å². The van der Waals surface area contributed by atoms with Crippen LogP contribution in [0.15, 0.2) is 91.0 Å². The number of hydrogen-bond donors (Lipinski definition) is 1. The second-order valence-electron chi connectivity index (χ2n) is 6.69. The van der Waals surface area contributed by atoms with Crippen molar-refractivity contribution in [2.45, 2.75) is 0 Å². The minimum Gasteiger partial charge on any atom is -0.539 e. The predicted octanol–water partition coefficient (Wildman–Crippen LogP) is 5.45. The molecule has 0 radical (unpaired) electrons. The van der Waals surface area contributed by atoms with Crippen molar-refractivity contribution < 1.29 is 9.68 Å². The van der Waals surface area contributed by atoms with Crippen molar-refractivity contribution >= 4 is 40.0 Å². The first kappa shape index (κ1) is 15.9. The van der Waals surface area contributed by atoms with Crippen LogP contribution in [-0.2, 0) is 0 Å². The third-order valence-electron chi connectivity index (χ3n) is 5.12. The standard InChI is InChI=1S/C24H17BO2/c26-25-27-20-12-11-16-13-19(10-9-17(16)14-20)24-15-18-5-1-2-6-21(18)22-7-3-4-8-23(22)24/h1-15,25-26H. The lowest BCUT2D eigenvalue weighted by Gasteiger charge is -2.12. The zero-order valence-corrected chi connectivity index (χ0v) is 14.7. The van der Waals surface area contributed by atoms with Crippen LogP contribution in [0.4, 0.5) is 0 Å². The highest BCUT2D eigenvalue weighted by atomic mass is 16.5. The smallest absolute Gasteiger partial charge is 0.504 e. The van der Waals surface area contributed by atoms with E-state index < -0.39 is 0 Å². The Morgan fingerprint density at radius 2 is 1.30 bits per heavy atom. The van der Waals surface area contributed by atoms with E-state index in [-0.39, 0.29) is 7.69 Å². The highest BCUT2D eigenvalue weighted by molar-refractivity contribution is 6.17. The van der Waals surface area contributed by atoms with Gasteiger partial charge in [0.1, 0.15) is 5.75 Å². The largest absolute Gasteiger partial charge is 0.539 e. The fraction of sp³-hybridized carbons (Fsp3) is 0. The molecule has 0 saturated carbocycles. The molecule has 0 aromatic heterocycles. The molecule has 27 heavy (non-hydrogen) atoms. The van der Waals surface area contributed by atoms with Gasteiger partial charge < -0.3 is 9.68 Å². The molecule has 5 aromatic carbocycles. The molecule has 5 rings (SSSR count). The van der Waals surface area contributed by atoms with Gasteiger partial charge in [0.25, 0.3) is 0 Å². The van der Waals surface area contributed by atoms with Crippen LogP contribution >= 0.6 is 0 Å². The highest BCUT2D eigenvalue weighted by Gasteiger charge is 2.09. The molecular weight excluding hydrogens is 331 g/mol. The van der Waals surface area contributed by atoms with Crippen LogP contribution in [-0.4, -0.2) is 12.7 Å². The van der Waals surface area contributed by atoms with Crippen LogP contribution in [0.2, 0.25) is 0 Å².